The molecule has 0 atom stereocenters. The Morgan fingerprint density at radius 1 is 1.13 bits per heavy atom. The zero-order valence-electron chi connectivity index (χ0n) is 12.4. The van der Waals surface area contributed by atoms with Crippen LogP contribution in [0.15, 0.2) is 58.8 Å². The van der Waals surface area contributed by atoms with Gasteiger partial charge in [-0.25, -0.2) is 4.98 Å². The summed E-state index contributed by atoms with van der Waals surface area (Å²) in [5.41, 5.74) is 3.92. The summed E-state index contributed by atoms with van der Waals surface area (Å²) in [4.78, 5) is 24.1. The highest BCUT2D eigenvalue weighted by Gasteiger charge is 2.11. The lowest BCUT2D eigenvalue weighted by molar-refractivity contribution is 1.20. The Morgan fingerprint density at radius 2 is 2.00 bits per heavy atom. The number of para-hydroxylation sites is 1. The molecule has 0 amide bonds. The van der Waals surface area contributed by atoms with Crippen molar-refractivity contribution in [3.63, 3.8) is 0 Å². The summed E-state index contributed by atoms with van der Waals surface area (Å²) in [6, 6.07) is 13.6. The highest BCUT2D eigenvalue weighted by atomic mass is 32.1. The molecule has 0 unspecified atom stereocenters. The maximum Gasteiger partial charge on any atom is 0.257 e. The largest absolute Gasteiger partial charge is 0.321 e. The standard InChI is InChI=1S/C18H13N3OS/c1-11-6-7-13(9-19-11)18-21-16(10-23-18)14-8-12-4-2-3-5-15(12)20-17(14)22/h2-10H,1H3,(H,20,22). The number of aryl methyl sites for hydroxylation is 1. The number of hydrogen-bond acceptors (Lipinski definition) is 4. The monoisotopic (exact) mass is 319 g/mol. The van der Waals surface area contributed by atoms with E-state index in [4.69, 9.17) is 0 Å². The van der Waals surface area contributed by atoms with Crippen molar-refractivity contribution in [1.82, 2.24) is 15.0 Å². The fourth-order valence-corrected chi connectivity index (χ4v) is 3.27. The van der Waals surface area contributed by atoms with Gasteiger partial charge in [-0.2, -0.15) is 0 Å². The molecule has 0 aliphatic carbocycles. The summed E-state index contributed by atoms with van der Waals surface area (Å²) in [5, 5.41) is 3.77. The van der Waals surface area contributed by atoms with Gasteiger partial charge in [-0.15, -0.1) is 11.3 Å². The number of benzene rings is 1. The number of nitrogens with zero attached hydrogens (tertiary/aromatic N) is 2. The molecule has 5 heteroatoms. The molecule has 112 valence electrons. The van der Waals surface area contributed by atoms with E-state index in [0.717, 1.165) is 27.2 Å². The van der Waals surface area contributed by atoms with Crippen LogP contribution in [0, 0.1) is 6.92 Å². The quantitative estimate of drug-likeness (QED) is 0.607. The maximum absolute atomic E-state index is 12.3. The Kier molecular flexibility index (Phi) is 3.28. The molecular weight excluding hydrogens is 306 g/mol. The topological polar surface area (TPSA) is 58.6 Å². The predicted octanol–water partition coefficient (Wildman–Crippen LogP) is 4.02. The van der Waals surface area contributed by atoms with E-state index in [0.29, 0.717) is 11.3 Å². The van der Waals surface area contributed by atoms with E-state index in [1.165, 1.54) is 11.3 Å². The van der Waals surface area contributed by atoms with Gasteiger partial charge in [0.15, 0.2) is 0 Å². The van der Waals surface area contributed by atoms with Gasteiger partial charge in [0.25, 0.3) is 5.56 Å². The molecule has 0 aliphatic heterocycles. The van der Waals surface area contributed by atoms with E-state index >= 15 is 0 Å². The second-order valence-corrected chi connectivity index (χ2v) is 6.18. The number of H-pyrrole nitrogens is 1. The lowest BCUT2D eigenvalue weighted by Crippen LogP contribution is -2.08. The van der Waals surface area contributed by atoms with E-state index in [9.17, 15) is 4.79 Å². The summed E-state index contributed by atoms with van der Waals surface area (Å²) in [6.07, 6.45) is 1.81. The van der Waals surface area contributed by atoms with Crippen LogP contribution in [-0.2, 0) is 0 Å². The normalized spacial score (nSPS) is 11.0. The van der Waals surface area contributed by atoms with Gasteiger partial charge in [0.1, 0.15) is 5.01 Å². The molecule has 23 heavy (non-hydrogen) atoms. The van der Waals surface area contributed by atoms with E-state index < -0.39 is 0 Å². The van der Waals surface area contributed by atoms with E-state index in [1.807, 2.05) is 61.0 Å². The molecule has 4 nitrogen and oxygen atoms in total. The van der Waals surface area contributed by atoms with Crippen molar-refractivity contribution in [3.8, 4) is 21.8 Å². The minimum atomic E-state index is -0.123. The van der Waals surface area contributed by atoms with Crippen LogP contribution in [0.4, 0.5) is 0 Å². The molecule has 0 spiro atoms. The minimum Gasteiger partial charge on any atom is -0.321 e. The average Bonchev–Trinajstić information content (AvgIpc) is 3.04. The Bertz CT molecular complexity index is 1050. The van der Waals surface area contributed by atoms with Crippen molar-refractivity contribution in [2.75, 3.05) is 0 Å². The van der Waals surface area contributed by atoms with Crippen molar-refractivity contribution < 1.29 is 0 Å². The fraction of sp³-hybridized carbons (Fsp3) is 0.0556. The highest BCUT2D eigenvalue weighted by Crippen LogP contribution is 2.28. The van der Waals surface area contributed by atoms with Crippen molar-refractivity contribution in [2.45, 2.75) is 6.92 Å². The van der Waals surface area contributed by atoms with Crippen LogP contribution < -0.4 is 5.56 Å². The number of hydrogen-bond donors (Lipinski definition) is 1. The molecule has 1 aromatic carbocycles. The lowest BCUT2D eigenvalue weighted by atomic mass is 10.1. The highest BCUT2D eigenvalue weighted by molar-refractivity contribution is 7.13. The number of nitrogens with one attached hydrogen (secondary N) is 1. The van der Waals surface area contributed by atoms with Crippen molar-refractivity contribution in [2.24, 2.45) is 0 Å². The maximum atomic E-state index is 12.3. The Morgan fingerprint density at radius 3 is 2.83 bits per heavy atom. The minimum absolute atomic E-state index is 0.123. The van der Waals surface area contributed by atoms with Gasteiger partial charge in [-0.05, 0) is 36.6 Å². The van der Waals surface area contributed by atoms with Crippen LogP contribution in [0.1, 0.15) is 5.69 Å². The third-order valence-electron chi connectivity index (χ3n) is 3.69. The number of thiazole rings is 1. The van der Waals surface area contributed by atoms with Gasteiger partial charge < -0.3 is 4.98 Å². The second-order valence-electron chi connectivity index (χ2n) is 5.33. The number of aromatic amines is 1. The van der Waals surface area contributed by atoms with Crippen LogP contribution >= 0.6 is 11.3 Å². The third-order valence-corrected chi connectivity index (χ3v) is 4.58. The summed E-state index contributed by atoms with van der Waals surface area (Å²) in [5.74, 6) is 0. The predicted molar refractivity (Wildman–Crippen MR) is 93.6 cm³/mol. The third kappa shape index (κ3) is 2.55. The zero-order valence-corrected chi connectivity index (χ0v) is 13.2. The van der Waals surface area contributed by atoms with Gasteiger partial charge >= 0.3 is 0 Å². The molecule has 0 bridgehead atoms. The fourth-order valence-electron chi connectivity index (χ4n) is 2.46. The molecule has 0 saturated heterocycles. The van der Waals surface area contributed by atoms with Gasteiger partial charge in [-0.3, -0.25) is 9.78 Å². The van der Waals surface area contributed by atoms with Crippen LogP contribution in [-0.4, -0.2) is 15.0 Å². The first kappa shape index (κ1) is 13.8. The van der Waals surface area contributed by atoms with Crippen molar-refractivity contribution in [3.05, 3.63) is 70.1 Å². The summed E-state index contributed by atoms with van der Waals surface area (Å²) in [7, 11) is 0. The van der Waals surface area contributed by atoms with Crippen molar-refractivity contribution in [1.29, 1.82) is 0 Å². The number of fused-ring (bicyclic) bond motifs is 1. The summed E-state index contributed by atoms with van der Waals surface area (Å²) in [6.45, 7) is 1.95. The molecule has 0 aliphatic rings. The molecule has 0 saturated carbocycles. The average molecular weight is 319 g/mol. The summed E-state index contributed by atoms with van der Waals surface area (Å²) >= 11 is 1.51. The van der Waals surface area contributed by atoms with E-state index in [2.05, 4.69) is 15.0 Å². The van der Waals surface area contributed by atoms with Gasteiger partial charge in [0.05, 0.1) is 11.3 Å². The summed E-state index contributed by atoms with van der Waals surface area (Å²) < 4.78 is 0. The molecule has 3 aromatic heterocycles. The molecule has 4 aromatic rings. The second kappa shape index (κ2) is 5.44. The van der Waals surface area contributed by atoms with E-state index in [1.54, 1.807) is 0 Å². The molecule has 1 N–H and O–H groups in total. The number of rotatable bonds is 2. The smallest absolute Gasteiger partial charge is 0.257 e. The molecule has 0 radical (unpaired) electrons. The molecular formula is C18H13N3OS. The first-order valence-electron chi connectivity index (χ1n) is 7.22. The molecule has 4 rings (SSSR count). The van der Waals surface area contributed by atoms with Gasteiger partial charge in [-0.1, -0.05) is 18.2 Å². The number of pyridine rings is 2. The zero-order chi connectivity index (χ0) is 15.8. The SMILES string of the molecule is Cc1ccc(-c2nc(-c3cc4ccccc4[nH]c3=O)cs2)cn1. The Labute approximate surface area is 136 Å². The molecule has 3 heterocycles. The van der Waals surface area contributed by atoms with Crippen molar-refractivity contribution >= 4 is 22.2 Å². The van der Waals surface area contributed by atoms with Crippen LogP contribution in [0.25, 0.3) is 32.7 Å². The molecule has 0 fully saturated rings. The number of aromatic nitrogens is 3. The van der Waals surface area contributed by atoms with Crippen LogP contribution in [0.2, 0.25) is 0 Å². The lowest BCUT2D eigenvalue weighted by Gasteiger charge is -2.00. The first-order valence-corrected chi connectivity index (χ1v) is 8.10. The van der Waals surface area contributed by atoms with Crippen LogP contribution in [0.3, 0.4) is 0 Å². The van der Waals surface area contributed by atoms with E-state index in [-0.39, 0.29) is 5.56 Å². The van der Waals surface area contributed by atoms with Crippen LogP contribution in [0.5, 0.6) is 0 Å². The Hall–Kier alpha value is -2.79. The van der Waals surface area contributed by atoms with Gasteiger partial charge in [0.2, 0.25) is 0 Å². The van der Waals surface area contributed by atoms with Gasteiger partial charge in [0, 0.05) is 28.4 Å². The first-order chi connectivity index (χ1) is 11.2. The Balaban J connectivity index is 1.81.